The Kier molecular flexibility index (Phi) is 11.0. The molecule has 1 saturated heterocycles. The average Bonchev–Trinajstić information content (AvgIpc) is 3.31. The molecule has 2 N–H and O–H groups in total. The number of carbonyl (C=O) groups is 2. The molecule has 0 aliphatic carbocycles. The molecule has 2 amide bonds. The van der Waals surface area contributed by atoms with Crippen LogP contribution in [0.25, 0.3) is 5.52 Å². The van der Waals surface area contributed by atoms with Crippen molar-refractivity contribution in [2.45, 2.75) is 57.6 Å². The number of sulfonamides is 1. The quantitative estimate of drug-likeness (QED) is 0.262. The number of halogens is 4. The van der Waals surface area contributed by atoms with Crippen molar-refractivity contribution in [1.82, 2.24) is 24.0 Å². The fourth-order valence-electron chi connectivity index (χ4n) is 5.07. The lowest BCUT2D eigenvalue weighted by molar-refractivity contribution is -0.128. The molecular formula is C31H37F4N7O6S. The minimum Gasteiger partial charge on any atom is -0.479 e. The molecule has 0 bridgehead atoms. The number of rotatable bonds is 8. The topological polar surface area (TPSA) is 147 Å². The number of carbonyl (C=O) groups excluding carboxylic acids is 2. The Morgan fingerprint density at radius 3 is 2.55 bits per heavy atom. The van der Waals surface area contributed by atoms with Crippen LogP contribution in [-0.2, 0) is 21.2 Å². The fraction of sp³-hybridized carbons (Fsp3) is 0.484. The molecular weight excluding hydrogens is 674 g/mol. The van der Waals surface area contributed by atoms with Gasteiger partial charge in [-0.25, -0.2) is 27.3 Å². The van der Waals surface area contributed by atoms with E-state index in [0.717, 1.165) is 17.4 Å². The van der Waals surface area contributed by atoms with E-state index < -0.39 is 64.8 Å². The summed E-state index contributed by atoms with van der Waals surface area (Å²) in [7, 11) is -0.952. The summed E-state index contributed by atoms with van der Waals surface area (Å²) >= 11 is 0. The van der Waals surface area contributed by atoms with Crippen molar-refractivity contribution in [2.24, 2.45) is 0 Å². The van der Waals surface area contributed by atoms with Crippen molar-refractivity contribution in [1.29, 1.82) is 0 Å². The SMILES string of the molecule is COc1nc(C(=O)NS(C)(=O)=O)ncc1N(CC#Cc1cc2c(N[C@@H]3CCN(C)C[C@@H]3F)cccn2c1CC(F)(F)F)C(=O)OC(C)(C)C. The zero-order valence-corrected chi connectivity index (χ0v) is 28.5. The van der Waals surface area contributed by atoms with Gasteiger partial charge < -0.3 is 24.1 Å². The summed E-state index contributed by atoms with van der Waals surface area (Å²) in [6, 6.07) is 4.15. The molecule has 0 aromatic carbocycles. The molecule has 266 valence electrons. The Labute approximate surface area is 281 Å². The standard InChI is InChI=1S/C31H37F4N7O6S/c1-30(2,3)48-29(44)42(25-17-36-26(38-28(25)47-5)27(43)39-49(6,45)46)13-7-9-19-15-23-22(37-21-11-14-40(4)18-20(21)32)10-8-12-41(23)24(19)16-31(33,34)35/h8,10,12,15,17,20-21,37H,11,13-14,16,18H2,1-6H3,(H,39,43)/t20-,21+/m0/s1. The number of fused-ring (bicyclic) bond motifs is 1. The number of hydrogen-bond donors (Lipinski definition) is 2. The van der Waals surface area contributed by atoms with E-state index in [2.05, 4.69) is 27.1 Å². The summed E-state index contributed by atoms with van der Waals surface area (Å²) in [5.41, 5.74) is -0.448. The number of piperidine rings is 1. The lowest BCUT2D eigenvalue weighted by atomic mass is 10.0. The Morgan fingerprint density at radius 2 is 1.94 bits per heavy atom. The summed E-state index contributed by atoms with van der Waals surface area (Å²) in [4.78, 5) is 36.2. The molecule has 2 atom stereocenters. The first-order valence-corrected chi connectivity index (χ1v) is 16.8. The third kappa shape index (κ3) is 9.95. The van der Waals surface area contributed by atoms with Crippen LogP contribution in [0.1, 0.15) is 49.1 Å². The number of methoxy groups -OCH3 is 1. The highest BCUT2D eigenvalue weighted by atomic mass is 32.2. The third-order valence-corrected chi connectivity index (χ3v) is 7.70. The molecule has 3 aromatic heterocycles. The predicted octanol–water partition coefficient (Wildman–Crippen LogP) is 3.78. The number of pyridine rings is 1. The van der Waals surface area contributed by atoms with Gasteiger partial charge >= 0.3 is 18.2 Å². The van der Waals surface area contributed by atoms with Crippen molar-refractivity contribution >= 4 is 38.9 Å². The monoisotopic (exact) mass is 711 g/mol. The number of likely N-dealkylation sites (tertiary alicyclic amines) is 1. The van der Waals surface area contributed by atoms with E-state index in [4.69, 9.17) is 9.47 Å². The number of nitrogens with zero attached hydrogens (tertiary/aromatic N) is 5. The van der Waals surface area contributed by atoms with Gasteiger partial charge in [0.05, 0.1) is 49.8 Å². The maximum Gasteiger partial charge on any atom is 0.415 e. The van der Waals surface area contributed by atoms with Gasteiger partial charge in [0.1, 0.15) is 17.5 Å². The number of aromatic nitrogens is 3. The predicted molar refractivity (Wildman–Crippen MR) is 173 cm³/mol. The van der Waals surface area contributed by atoms with E-state index in [0.29, 0.717) is 24.2 Å². The molecule has 4 rings (SSSR count). The van der Waals surface area contributed by atoms with E-state index in [1.807, 2.05) is 11.9 Å². The van der Waals surface area contributed by atoms with Crippen molar-refractivity contribution in [3.8, 4) is 17.7 Å². The van der Waals surface area contributed by atoms with Gasteiger partial charge in [-0.1, -0.05) is 11.8 Å². The maximum atomic E-state index is 14.8. The van der Waals surface area contributed by atoms with Crippen LogP contribution in [0.15, 0.2) is 30.6 Å². The van der Waals surface area contributed by atoms with Gasteiger partial charge in [-0.3, -0.25) is 9.69 Å². The number of amides is 2. The second kappa shape index (κ2) is 14.5. The molecule has 3 aromatic rings. The molecule has 4 heterocycles. The lowest BCUT2D eigenvalue weighted by Crippen LogP contribution is -2.46. The van der Waals surface area contributed by atoms with Crippen LogP contribution in [0.3, 0.4) is 0 Å². The Balaban J connectivity index is 1.74. The molecule has 1 fully saturated rings. The van der Waals surface area contributed by atoms with Gasteiger partial charge in [0.2, 0.25) is 21.7 Å². The molecule has 0 saturated carbocycles. The van der Waals surface area contributed by atoms with E-state index >= 15 is 0 Å². The van der Waals surface area contributed by atoms with E-state index in [1.165, 1.54) is 23.8 Å². The Morgan fingerprint density at radius 1 is 1.22 bits per heavy atom. The van der Waals surface area contributed by atoms with Gasteiger partial charge in [0.25, 0.3) is 0 Å². The van der Waals surface area contributed by atoms with Crippen LogP contribution in [0, 0.1) is 11.8 Å². The summed E-state index contributed by atoms with van der Waals surface area (Å²) in [5, 5.41) is 3.16. The largest absolute Gasteiger partial charge is 0.479 e. The van der Waals surface area contributed by atoms with Crippen molar-refractivity contribution < 1.29 is 45.0 Å². The zero-order valence-electron chi connectivity index (χ0n) is 27.7. The molecule has 0 unspecified atom stereocenters. The number of alkyl halides is 4. The van der Waals surface area contributed by atoms with E-state index in [1.54, 1.807) is 37.6 Å². The van der Waals surface area contributed by atoms with Crippen LogP contribution in [-0.4, -0.2) is 104 Å². The van der Waals surface area contributed by atoms with Crippen LogP contribution >= 0.6 is 0 Å². The van der Waals surface area contributed by atoms with Gasteiger partial charge in [-0.05, 0) is 52.4 Å². The highest BCUT2D eigenvalue weighted by Crippen LogP contribution is 2.31. The normalized spacial score (nSPS) is 17.2. The Bertz CT molecular complexity index is 1880. The van der Waals surface area contributed by atoms with Crippen LogP contribution in [0.2, 0.25) is 0 Å². The smallest absolute Gasteiger partial charge is 0.415 e. The Hall–Kier alpha value is -4.63. The maximum absolute atomic E-state index is 14.8. The highest BCUT2D eigenvalue weighted by Gasteiger charge is 2.32. The molecule has 0 radical (unpaired) electrons. The highest BCUT2D eigenvalue weighted by molar-refractivity contribution is 7.89. The summed E-state index contributed by atoms with van der Waals surface area (Å²) in [6.45, 7) is 5.25. The van der Waals surface area contributed by atoms with Gasteiger partial charge in [0.15, 0.2) is 0 Å². The minimum atomic E-state index is -4.59. The van der Waals surface area contributed by atoms with Crippen molar-refractivity contribution in [3.63, 3.8) is 0 Å². The van der Waals surface area contributed by atoms with Crippen LogP contribution < -0.4 is 19.7 Å². The number of anilines is 2. The fourth-order valence-corrected chi connectivity index (χ4v) is 5.50. The van der Waals surface area contributed by atoms with Crippen LogP contribution in [0.5, 0.6) is 5.88 Å². The summed E-state index contributed by atoms with van der Waals surface area (Å²) < 4.78 is 93.1. The second-order valence-electron chi connectivity index (χ2n) is 12.5. The first-order chi connectivity index (χ1) is 22.7. The van der Waals surface area contributed by atoms with E-state index in [9.17, 15) is 35.6 Å². The van der Waals surface area contributed by atoms with Gasteiger partial charge in [-0.2, -0.15) is 18.2 Å². The van der Waals surface area contributed by atoms with Gasteiger partial charge in [-0.15, -0.1) is 0 Å². The molecule has 49 heavy (non-hydrogen) atoms. The summed E-state index contributed by atoms with van der Waals surface area (Å²) in [6.07, 6.45) is -4.29. The second-order valence-corrected chi connectivity index (χ2v) is 14.2. The average molecular weight is 712 g/mol. The van der Waals surface area contributed by atoms with Crippen molar-refractivity contribution in [2.75, 3.05) is 50.3 Å². The molecule has 0 spiro atoms. The zero-order chi connectivity index (χ0) is 36.3. The van der Waals surface area contributed by atoms with E-state index in [-0.39, 0.29) is 29.4 Å². The molecule has 1 aliphatic heterocycles. The lowest BCUT2D eigenvalue weighted by Gasteiger charge is -2.33. The number of nitrogens with one attached hydrogen (secondary N) is 2. The number of hydrogen-bond acceptors (Lipinski definition) is 10. The molecule has 18 heteroatoms. The van der Waals surface area contributed by atoms with Gasteiger partial charge in [0, 0.05) is 30.5 Å². The molecule has 13 nitrogen and oxygen atoms in total. The summed E-state index contributed by atoms with van der Waals surface area (Å²) in [5.74, 6) is 3.42. The first kappa shape index (κ1) is 37.2. The minimum absolute atomic E-state index is 0.0203. The third-order valence-electron chi connectivity index (χ3n) is 7.14. The van der Waals surface area contributed by atoms with Crippen molar-refractivity contribution in [3.05, 3.63) is 47.7 Å². The van der Waals surface area contributed by atoms with Crippen LogP contribution in [0.4, 0.5) is 33.7 Å². The first-order valence-electron chi connectivity index (χ1n) is 15.0. The molecule has 1 aliphatic rings. The number of ether oxygens (including phenoxy) is 2.